The summed E-state index contributed by atoms with van der Waals surface area (Å²) in [7, 11) is 0. The quantitative estimate of drug-likeness (QED) is 0.281. The number of ether oxygens (including phenoxy) is 1. The Bertz CT molecular complexity index is 1200. The van der Waals surface area contributed by atoms with Crippen molar-refractivity contribution in [1.29, 1.82) is 0 Å². The molecule has 6 rings (SSSR count). The molecule has 0 saturated heterocycles. The third-order valence-corrected chi connectivity index (χ3v) is 13.9. The Hall–Kier alpha value is -2.09. The van der Waals surface area contributed by atoms with Gasteiger partial charge in [-0.3, -0.25) is 4.79 Å². The van der Waals surface area contributed by atoms with Crippen molar-refractivity contribution in [2.75, 3.05) is 0 Å². The molecule has 0 radical (unpaired) electrons. The Morgan fingerprint density at radius 1 is 0.786 bits per heavy atom. The van der Waals surface area contributed by atoms with Crippen LogP contribution in [0.2, 0.25) is 0 Å². The van der Waals surface area contributed by atoms with Crippen molar-refractivity contribution in [2.45, 2.75) is 117 Å². The third-order valence-electron chi connectivity index (χ3n) is 13.9. The van der Waals surface area contributed by atoms with Crippen molar-refractivity contribution in [3.63, 3.8) is 0 Å². The summed E-state index contributed by atoms with van der Waals surface area (Å²) in [6.45, 7) is 13.3. The number of carbonyl (C=O) groups excluding carboxylic acids is 1. The topological polar surface area (TPSA) is 26.3 Å². The first-order chi connectivity index (χ1) is 20.2. The molecular weight excluding hydrogens is 512 g/mol. The van der Waals surface area contributed by atoms with Crippen LogP contribution in [0.25, 0.3) is 0 Å². The lowest BCUT2D eigenvalue weighted by Crippen LogP contribution is -2.55. The highest BCUT2D eigenvalue weighted by atomic mass is 16.5. The average Bonchev–Trinajstić information content (AvgIpc) is 3.35. The van der Waals surface area contributed by atoms with Gasteiger partial charge in [-0.05, 0) is 133 Å². The van der Waals surface area contributed by atoms with Crippen LogP contribution in [0.15, 0.2) is 54.6 Å². The fraction of sp³-hybridized carbons (Fsp3) is 0.675. The highest BCUT2D eigenvalue weighted by Crippen LogP contribution is 2.70. The number of hydrogen-bond acceptors (Lipinski definition) is 2. The smallest absolute Gasteiger partial charge is 0.298 e. The van der Waals surface area contributed by atoms with Crippen LogP contribution >= 0.6 is 0 Å². The fourth-order valence-corrected chi connectivity index (χ4v) is 11.6. The van der Waals surface area contributed by atoms with Gasteiger partial charge in [0.2, 0.25) is 0 Å². The first-order valence-electron chi connectivity index (χ1n) is 17.5. The summed E-state index contributed by atoms with van der Waals surface area (Å²) in [5.41, 5.74) is 3.89. The highest BCUT2D eigenvalue weighted by molar-refractivity contribution is 5.48. The monoisotopic (exact) mass is 568 g/mol. The Morgan fingerprint density at radius 3 is 2.21 bits per heavy atom. The minimum Gasteiger partial charge on any atom is -0.429 e. The summed E-state index contributed by atoms with van der Waals surface area (Å²) in [5.74, 6) is 6.81. The number of hydrogen-bond donors (Lipinski definition) is 0. The number of benzene rings is 2. The first kappa shape index (κ1) is 30.0. The zero-order valence-corrected chi connectivity index (χ0v) is 27.1. The van der Waals surface area contributed by atoms with Crippen LogP contribution in [0.1, 0.15) is 123 Å². The van der Waals surface area contributed by atoms with E-state index in [9.17, 15) is 4.79 Å². The molecule has 0 amide bonds. The standard InChI is InChI=1S/C40H56O2/c1-28(2)10-9-11-29(3)35-20-21-36-34-19-16-32-26-40(30-12-7-6-8-13-30,31-14-17-33(18-15-31)42-27-41)25-24-38(32,4)37(34)22-23-39(35,36)5/h6-8,12-15,17-18,27-29,32,34-37H,9-11,16,19-26H2,1-5H3. The van der Waals surface area contributed by atoms with E-state index in [-0.39, 0.29) is 5.41 Å². The van der Waals surface area contributed by atoms with Crippen molar-refractivity contribution in [3.05, 3.63) is 65.7 Å². The van der Waals surface area contributed by atoms with Gasteiger partial charge in [0.05, 0.1) is 0 Å². The summed E-state index contributed by atoms with van der Waals surface area (Å²) in [6, 6.07) is 19.7. The van der Waals surface area contributed by atoms with Gasteiger partial charge < -0.3 is 4.74 Å². The van der Waals surface area contributed by atoms with Crippen molar-refractivity contribution in [2.24, 2.45) is 52.3 Å². The van der Waals surface area contributed by atoms with Crippen molar-refractivity contribution >= 4 is 6.47 Å². The molecule has 0 heterocycles. The molecule has 2 nitrogen and oxygen atoms in total. The van der Waals surface area contributed by atoms with Crippen LogP contribution in [0.5, 0.6) is 5.75 Å². The predicted octanol–water partition coefficient (Wildman–Crippen LogP) is 10.6. The van der Waals surface area contributed by atoms with E-state index >= 15 is 0 Å². The van der Waals surface area contributed by atoms with Gasteiger partial charge in [-0.2, -0.15) is 0 Å². The second-order valence-corrected chi connectivity index (χ2v) is 16.1. The summed E-state index contributed by atoms with van der Waals surface area (Å²) in [5, 5.41) is 0. The van der Waals surface area contributed by atoms with Crippen molar-refractivity contribution < 1.29 is 9.53 Å². The molecule has 228 valence electrons. The molecule has 2 aromatic carbocycles. The molecule has 9 atom stereocenters. The molecule has 4 fully saturated rings. The maximum Gasteiger partial charge on any atom is 0.298 e. The largest absolute Gasteiger partial charge is 0.429 e. The van der Waals surface area contributed by atoms with E-state index in [2.05, 4.69) is 77.1 Å². The summed E-state index contributed by atoms with van der Waals surface area (Å²) >= 11 is 0. The minimum atomic E-state index is 0.0328. The van der Waals surface area contributed by atoms with Gasteiger partial charge in [0.25, 0.3) is 6.47 Å². The molecule has 4 aliphatic carbocycles. The van der Waals surface area contributed by atoms with Gasteiger partial charge in [0.1, 0.15) is 5.75 Å². The highest BCUT2D eigenvalue weighted by Gasteiger charge is 2.62. The maximum atomic E-state index is 10.9. The van der Waals surface area contributed by atoms with Gasteiger partial charge in [-0.25, -0.2) is 0 Å². The van der Waals surface area contributed by atoms with Crippen LogP contribution < -0.4 is 4.74 Å². The van der Waals surface area contributed by atoms with Gasteiger partial charge in [-0.15, -0.1) is 0 Å². The molecule has 2 aromatic rings. The van der Waals surface area contributed by atoms with Gasteiger partial charge >= 0.3 is 0 Å². The first-order valence-corrected chi connectivity index (χ1v) is 17.5. The van der Waals surface area contributed by atoms with E-state index in [0.29, 0.717) is 23.1 Å². The number of rotatable bonds is 9. The van der Waals surface area contributed by atoms with Crippen LogP contribution in [-0.4, -0.2) is 6.47 Å². The fourth-order valence-electron chi connectivity index (χ4n) is 11.6. The lowest BCUT2D eigenvalue weighted by atomic mass is 9.42. The molecule has 0 spiro atoms. The second-order valence-electron chi connectivity index (χ2n) is 16.1. The average molecular weight is 569 g/mol. The zero-order chi connectivity index (χ0) is 29.5. The lowest BCUT2D eigenvalue weighted by molar-refractivity contribution is -0.122. The zero-order valence-electron chi connectivity index (χ0n) is 27.1. The Kier molecular flexibility index (Phi) is 8.40. The summed E-state index contributed by atoms with van der Waals surface area (Å²) in [6.07, 6.45) is 16.7. The summed E-state index contributed by atoms with van der Waals surface area (Å²) < 4.78 is 5.16. The van der Waals surface area contributed by atoms with E-state index < -0.39 is 0 Å². The maximum absolute atomic E-state index is 10.9. The summed E-state index contributed by atoms with van der Waals surface area (Å²) in [4.78, 5) is 10.9. The third kappa shape index (κ3) is 5.07. The molecule has 2 heteroatoms. The molecule has 9 unspecified atom stereocenters. The Labute approximate surface area is 256 Å². The molecule has 0 bridgehead atoms. The predicted molar refractivity (Wildman–Crippen MR) is 173 cm³/mol. The van der Waals surface area contributed by atoms with E-state index in [4.69, 9.17) is 4.74 Å². The van der Waals surface area contributed by atoms with Gasteiger partial charge in [-0.1, -0.05) is 96.3 Å². The second kappa shape index (κ2) is 11.8. The van der Waals surface area contributed by atoms with E-state index in [0.717, 1.165) is 41.4 Å². The molecule has 4 saturated carbocycles. The molecule has 0 N–H and O–H groups in total. The Morgan fingerprint density at radius 2 is 1.50 bits per heavy atom. The van der Waals surface area contributed by atoms with Gasteiger partial charge in [0.15, 0.2) is 0 Å². The molecule has 0 aromatic heterocycles. The SMILES string of the molecule is CC(C)CCCC(C)C1CCC2C3CCC4CC(c5ccccc5)(c5ccc(OC=O)cc5)CCC4(C)C3CCC12C. The molecule has 42 heavy (non-hydrogen) atoms. The van der Waals surface area contributed by atoms with Crippen molar-refractivity contribution in [1.82, 2.24) is 0 Å². The van der Waals surface area contributed by atoms with Crippen LogP contribution in [-0.2, 0) is 10.2 Å². The van der Waals surface area contributed by atoms with E-state index in [1.54, 1.807) is 0 Å². The van der Waals surface area contributed by atoms with E-state index in [1.165, 1.54) is 88.2 Å². The lowest BCUT2D eigenvalue weighted by Gasteiger charge is -2.63. The number of carbonyl (C=O) groups is 1. The number of fused-ring (bicyclic) bond motifs is 5. The van der Waals surface area contributed by atoms with Crippen molar-refractivity contribution in [3.8, 4) is 5.75 Å². The molecular formula is C40H56O2. The van der Waals surface area contributed by atoms with Crippen LogP contribution in [0.3, 0.4) is 0 Å². The van der Waals surface area contributed by atoms with Crippen LogP contribution in [0.4, 0.5) is 0 Å². The molecule has 0 aliphatic heterocycles. The Balaban J connectivity index is 1.23. The van der Waals surface area contributed by atoms with Crippen LogP contribution in [0, 0.1) is 52.3 Å². The normalized spacial score (nSPS) is 38.3. The molecule has 4 aliphatic rings. The van der Waals surface area contributed by atoms with E-state index in [1.807, 2.05) is 12.1 Å². The van der Waals surface area contributed by atoms with Gasteiger partial charge in [0, 0.05) is 5.41 Å². The minimum absolute atomic E-state index is 0.0328.